The maximum absolute atomic E-state index is 12.4. The van der Waals surface area contributed by atoms with Gasteiger partial charge in [-0.15, -0.1) is 0 Å². The summed E-state index contributed by atoms with van der Waals surface area (Å²) < 4.78 is 0. The van der Waals surface area contributed by atoms with Crippen molar-refractivity contribution >= 4 is 27.6 Å². The molecule has 5 rings (SSSR count). The Kier molecular flexibility index (Phi) is 3.36. The average molecular weight is 348 g/mol. The molecular formula is C19H20N6O. The van der Waals surface area contributed by atoms with Crippen molar-refractivity contribution in [3.8, 4) is 11.4 Å². The lowest BCUT2D eigenvalue weighted by molar-refractivity contribution is 0.313. The monoisotopic (exact) mass is 348 g/mol. The first kappa shape index (κ1) is 15.2. The molecule has 1 aliphatic rings. The molecule has 7 nitrogen and oxygen atoms in total. The van der Waals surface area contributed by atoms with Crippen LogP contribution < -0.4 is 10.5 Å². The summed E-state index contributed by atoms with van der Waals surface area (Å²) in [4.78, 5) is 31.1. The van der Waals surface area contributed by atoms with Gasteiger partial charge in [-0.2, -0.15) is 0 Å². The van der Waals surface area contributed by atoms with Crippen LogP contribution in [0.5, 0.6) is 0 Å². The van der Waals surface area contributed by atoms with Crippen LogP contribution in [0.1, 0.15) is 0 Å². The zero-order valence-electron chi connectivity index (χ0n) is 14.5. The average Bonchev–Trinajstić information content (AvgIpc) is 3.28. The highest BCUT2D eigenvalue weighted by Crippen LogP contribution is 2.26. The smallest absolute Gasteiger partial charge is 0.261 e. The fourth-order valence-electron chi connectivity index (χ4n) is 3.65. The number of imidazole rings is 1. The van der Waals surface area contributed by atoms with Gasteiger partial charge in [0.1, 0.15) is 11.4 Å². The molecule has 4 aromatic rings. The normalized spacial score (nSPS) is 16.0. The molecule has 26 heavy (non-hydrogen) atoms. The van der Waals surface area contributed by atoms with E-state index in [0.717, 1.165) is 48.1 Å². The number of likely N-dealkylation sites (N-methyl/N-ethyl adjacent to an activating group) is 1. The zero-order valence-corrected chi connectivity index (χ0v) is 14.5. The number of pyridine rings is 1. The predicted molar refractivity (Wildman–Crippen MR) is 104 cm³/mol. The minimum atomic E-state index is -0.154. The number of rotatable bonds is 2. The summed E-state index contributed by atoms with van der Waals surface area (Å²) in [5.74, 6) is 0.588. The first-order valence-corrected chi connectivity index (χ1v) is 8.81. The number of aromatic amines is 3. The van der Waals surface area contributed by atoms with Crippen LogP contribution in [-0.2, 0) is 0 Å². The van der Waals surface area contributed by atoms with Gasteiger partial charge < -0.3 is 24.8 Å². The van der Waals surface area contributed by atoms with Crippen molar-refractivity contribution in [3.05, 3.63) is 47.0 Å². The third-order valence-electron chi connectivity index (χ3n) is 5.19. The van der Waals surface area contributed by atoms with E-state index in [-0.39, 0.29) is 5.56 Å². The molecule has 3 aromatic heterocycles. The van der Waals surface area contributed by atoms with E-state index in [0.29, 0.717) is 11.4 Å². The van der Waals surface area contributed by atoms with Crippen molar-refractivity contribution in [1.29, 1.82) is 0 Å². The fourth-order valence-corrected chi connectivity index (χ4v) is 3.65. The van der Waals surface area contributed by atoms with Gasteiger partial charge in [-0.1, -0.05) is 0 Å². The van der Waals surface area contributed by atoms with Gasteiger partial charge in [0, 0.05) is 49.6 Å². The molecule has 1 aliphatic heterocycles. The fraction of sp³-hybridized carbons (Fsp3) is 0.263. The summed E-state index contributed by atoms with van der Waals surface area (Å²) in [6, 6.07) is 8.19. The standard InChI is InChI=1S/C19H20N6O/c1-24-6-8-25(9-7-24)13-2-3-14-15(10-13)23-18(22-14)16-17-12(4-5-20-17)11-21-19(16)26/h2-5,10-11,20H,6-9H2,1H3,(H,21,26)(H,22,23). The molecule has 1 fully saturated rings. The summed E-state index contributed by atoms with van der Waals surface area (Å²) in [6.07, 6.45) is 3.54. The highest BCUT2D eigenvalue weighted by molar-refractivity contribution is 5.93. The summed E-state index contributed by atoms with van der Waals surface area (Å²) in [6.45, 7) is 4.17. The zero-order chi connectivity index (χ0) is 17.7. The number of benzene rings is 1. The number of anilines is 1. The molecule has 0 saturated carbocycles. The van der Waals surface area contributed by atoms with Crippen LogP contribution in [0.4, 0.5) is 5.69 Å². The Hall–Kier alpha value is -3.06. The summed E-state index contributed by atoms with van der Waals surface area (Å²) >= 11 is 0. The topological polar surface area (TPSA) is 83.8 Å². The molecule has 0 radical (unpaired) electrons. The minimum absolute atomic E-state index is 0.154. The lowest BCUT2D eigenvalue weighted by Crippen LogP contribution is -2.44. The number of fused-ring (bicyclic) bond motifs is 2. The number of hydrogen-bond donors (Lipinski definition) is 3. The molecule has 0 atom stereocenters. The van der Waals surface area contributed by atoms with Crippen molar-refractivity contribution in [1.82, 2.24) is 24.8 Å². The summed E-state index contributed by atoms with van der Waals surface area (Å²) in [5, 5.41) is 0.957. The molecular weight excluding hydrogens is 328 g/mol. The second-order valence-electron chi connectivity index (χ2n) is 6.88. The molecule has 3 N–H and O–H groups in total. The van der Waals surface area contributed by atoms with E-state index in [4.69, 9.17) is 0 Å². The van der Waals surface area contributed by atoms with Crippen LogP contribution in [0.3, 0.4) is 0 Å². The van der Waals surface area contributed by atoms with Crippen LogP contribution in [0, 0.1) is 0 Å². The number of aromatic nitrogens is 4. The second kappa shape index (κ2) is 5.74. The Morgan fingerprint density at radius 1 is 1.08 bits per heavy atom. The van der Waals surface area contributed by atoms with Crippen molar-refractivity contribution in [2.75, 3.05) is 38.1 Å². The van der Waals surface area contributed by atoms with Gasteiger partial charge in [-0.05, 0) is 31.3 Å². The van der Waals surface area contributed by atoms with Gasteiger partial charge in [-0.3, -0.25) is 4.79 Å². The summed E-state index contributed by atoms with van der Waals surface area (Å²) in [7, 11) is 2.15. The molecule has 0 bridgehead atoms. The van der Waals surface area contributed by atoms with E-state index >= 15 is 0 Å². The molecule has 132 valence electrons. The molecule has 0 unspecified atom stereocenters. The predicted octanol–water partition coefficient (Wildman–Crippen LogP) is 2.15. The molecule has 1 saturated heterocycles. The van der Waals surface area contributed by atoms with Crippen LogP contribution in [0.2, 0.25) is 0 Å². The van der Waals surface area contributed by atoms with E-state index in [1.165, 1.54) is 5.69 Å². The number of piperazine rings is 1. The van der Waals surface area contributed by atoms with Crippen LogP contribution >= 0.6 is 0 Å². The third-order valence-corrected chi connectivity index (χ3v) is 5.19. The largest absolute Gasteiger partial charge is 0.369 e. The van der Waals surface area contributed by atoms with Crippen molar-refractivity contribution in [2.45, 2.75) is 0 Å². The lowest BCUT2D eigenvalue weighted by atomic mass is 10.2. The molecule has 1 aromatic carbocycles. The van der Waals surface area contributed by atoms with Crippen molar-refractivity contribution in [3.63, 3.8) is 0 Å². The first-order valence-electron chi connectivity index (χ1n) is 8.81. The first-order chi connectivity index (χ1) is 12.7. The molecule has 0 spiro atoms. The van der Waals surface area contributed by atoms with E-state index in [9.17, 15) is 4.79 Å². The highest BCUT2D eigenvalue weighted by atomic mass is 16.1. The van der Waals surface area contributed by atoms with E-state index < -0.39 is 0 Å². The van der Waals surface area contributed by atoms with Crippen LogP contribution in [0.25, 0.3) is 33.3 Å². The van der Waals surface area contributed by atoms with Crippen molar-refractivity contribution < 1.29 is 0 Å². The SMILES string of the molecule is CN1CCN(c2ccc3nc(-c4c(=O)[nH]cc5cc[nH]c45)[nH]c3c2)CC1. The molecule has 7 heteroatoms. The van der Waals surface area contributed by atoms with Gasteiger partial charge in [-0.25, -0.2) is 4.98 Å². The third kappa shape index (κ3) is 2.40. The van der Waals surface area contributed by atoms with E-state index in [1.54, 1.807) is 6.20 Å². The molecule has 4 heterocycles. The van der Waals surface area contributed by atoms with E-state index in [1.807, 2.05) is 18.3 Å². The van der Waals surface area contributed by atoms with Crippen LogP contribution in [-0.4, -0.2) is 58.1 Å². The lowest BCUT2D eigenvalue weighted by Gasteiger charge is -2.34. The van der Waals surface area contributed by atoms with Gasteiger partial charge >= 0.3 is 0 Å². The minimum Gasteiger partial charge on any atom is -0.369 e. The van der Waals surface area contributed by atoms with Crippen molar-refractivity contribution in [2.24, 2.45) is 0 Å². The number of hydrogen-bond acceptors (Lipinski definition) is 4. The Balaban J connectivity index is 1.59. The van der Waals surface area contributed by atoms with Crippen LogP contribution in [0.15, 0.2) is 41.5 Å². The van der Waals surface area contributed by atoms with Gasteiger partial charge in [0.25, 0.3) is 5.56 Å². The Morgan fingerprint density at radius 2 is 1.92 bits per heavy atom. The van der Waals surface area contributed by atoms with Gasteiger partial charge in [0.15, 0.2) is 0 Å². The summed E-state index contributed by atoms with van der Waals surface area (Å²) in [5.41, 5.74) is 4.18. The maximum atomic E-state index is 12.4. The van der Waals surface area contributed by atoms with E-state index in [2.05, 4.69) is 48.9 Å². The number of nitrogens with zero attached hydrogens (tertiary/aromatic N) is 3. The highest BCUT2D eigenvalue weighted by Gasteiger charge is 2.17. The van der Waals surface area contributed by atoms with Gasteiger partial charge in [0.2, 0.25) is 0 Å². The quantitative estimate of drug-likeness (QED) is 0.518. The van der Waals surface area contributed by atoms with Gasteiger partial charge in [0.05, 0.1) is 16.6 Å². The Bertz CT molecular complexity index is 1150. The molecule has 0 amide bonds. The maximum Gasteiger partial charge on any atom is 0.261 e. The number of nitrogens with one attached hydrogen (secondary N) is 3. The second-order valence-corrected chi connectivity index (χ2v) is 6.88. The Morgan fingerprint density at radius 3 is 2.77 bits per heavy atom. The number of H-pyrrole nitrogens is 3. The molecule has 0 aliphatic carbocycles. The Labute approximate surface area is 149 Å².